The maximum Gasteiger partial charge on any atom is 0.416 e. The van der Waals surface area contributed by atoms with Crippen molar-refractivity contribution in [2.75, 3.05) is 6.61 Å². The van der Waals surface area contributed by atoms with Gasteiger partial charge in [0.15, 0.2) is 0 Å². The van der Waals surface area contributed by atoms with Gasteiger partial charge in [0.2, 0.25) is 0 Å². The van der Waals surface area contributed by atoms with Gasteiger partial charge in [0.05, 0.1) is 29.9 Å². The zero-order valence-electron chi connectivity index (χ0n) is 18.5. The molecule has 0 aliphatic carbocycles. The Labute approximate surface area is 197 Å². The van der Waals surface area contributed by atoms with Crippen molar-refractivity contribution in [2.24, 2.45) is 7.05 Å². The molecule has 0 aliphatic heterocycles. The molecule has 0 aliphatic rings. The van der Waals surface area contributed by atoms with Crippen LogP contribution in [-0.4, -0.2) is 36.3 Å². The zero-order valence-corrected chi connectivity index (χ0v) is 18.5. The van der Waals surface area contributed by atoms with Gasteiger partial charge in [-0.3, -0.25) is 14.6 Å². The first-order chi connectivity index (χ1) is 16.7. The largest absolute Gasteiger partial charge is 0.416 e. The highest BCUT2D eigenvalue weighted by atomic mass is 19.4. The standard InChI is InChI=1S/C25H20F3N5O2/c1-32-13-18(12-29-32)24-20-10-15(5-6-21(20)30-31-24)16-7-8-33(23(35)11-16)22(14-34)17-3-2-4-19(9-17)25(26,27)28/h2-13,22,34H,14H2,1H3,(H,30,31)/t22-/m1/s1. The van der Waals surface area contributed by atoms with Crippen LogP contribution >= 0.6 is 0 Å². The van der Waals surface area contributed by atoms with Crippen LogP contribution < -0.4 is 5.56 Å². The number of fused-ring (bicyclic) bond motifs is 1. The van der Waals surface area contributed by atoms with E-state index in [4.69, 9.17) is 0 Å². The topological polar surface area (TPSA) is 88.7 Å². The summed E-state index contributed by atoms with van der Waals surface area (Å²) in [5.41, 5.74) is 2.71. The van der Waals surface area contributed by atoms with E-state index in [1.165, 1.54) is 29.0 Å². The van der Waals surface area contributed by atoms with Crippen molar-refractivity contribution in [2.45, 2.75) is 12.2 Å². The normalized spacial score (nSPS) is 12.8. The molecule has 178 valence electrons. The molecule has 3 heterocycles. The molecular formula is C25H20F3N5O2. The number of pyridine rings is 1. The van der Waals surface area contributed by atoms with Crippen molar-refractivity contribution < 1.29 is 18.3 Å². The summed E-state index contributed by atoms with van der Waals surface area (Å²) in [4.78, 5) is 13.0. The molecule has 0 fully saturated rings. The average molecular weight is 479 g/mol. The number of aliphatic hydroxyl groups is 1. The molecule has 0 spiro atoms. The summed E-state index contributed by atoms with van der Waals surface area (Å²) in [5.74, 6) is 0. The first kappa shape index (κ1) is 22.6. The highest BCUT2D eigenvalue weighted by Crippen LogP contribution is 2.32. The second-order valence-corrected chi connectivity index (χ2v) is 8.22. The Morgan fingerprint density at radius 2 is 1.86 bits per heavy atom. The van der Waals surface area contributed by atoms with E-state index in [0.29, 0.717) is 5.56 Å². The van der Waals surface area contributed by atoms with Gasteiger partial charge in [-0.15, -0.1) is 0 Å². The number of aromatic amines is 1. The van der Waals surface area contributed by atoms with Gasteiger partial charge >= 0.3 is 6.18 Å². The summed E-state index contributed by atoms with van der Waals surface area (Å²) in [5, 5.41) is 22.3. The Morgan fingerprint density at radius 1 is 1.06 bits per heavy atom. The van der Waals surface area contributed by atoms with E-state index in [-0.39, 0.29) is 5.56 Å². The molecule has 2 N–H and O–H groups in total. The number of halogens is 3. The highest BCUT2D eigenvalue weighted by Gasteiger charge is 2.31. The van der Waals surface area contributed by atoms with E-state index in [9.17, 15) is 23.1 Å². The number of alkyl halides is 3. The number of aromatic nitrogens is 5. The van der Waals surface area contributed by atoms with Crippen molar-refractivity contribution in [3.63, 3.8) is 0 Å². The molecule has 35 heavy (non-hydrogen) atoms. The lowest BCUT2D eigenvalue weighted by Crippen LogP contribution is -2.27. The molecule has 0 saturated carbocycles. The van der Waals surface area contributed by atoms with E-state index in [2.05, 4.69) is 15.3 Å². The van der Waals surface area contributed by atoms with Gasteiger partial charge in [-0.25, -0.2) is 0 Å². The summed E-state index contributed by atoms with van der Waals surface area (Å²) >= 11 is 0. The smallest absolute Gasteiger partial charge is 0.394 e. The summed E-state index contributed by atoms with van der Waals surface area (Å²) in [6.07, 6.45) is 0.532. The van der Waals surface area contributed by atoms with E-state index >= 15 is 0 Å². The van der Waals surface area contributed by atoms with E-state index in [1.807, 2.05) is 31.4 Å². The third-order valence-electron chi connectivity index (χ3n) is 5.93. The van der Waals surface area contributed by atoms with Crippen molar-refractivity contribution in [1.82, 2.24) is 24.5 Å². The SMILES string of the molecule is Cn1cc(-c2n[nH]c3ccc(-c4ccn([C@H](CO)c5cccc(C(F)(F)F)c5)c(=O)c4)cc23)cn1. The fourth-order valence-corrected chi connectivity index (χ4v) is 4.16. The Morgan fingerprint density at radius 3 is 2.54 bits per heavy atom. The first-order valence-electron chi connectivity index (χ1n) is 10.7. The Bertz CT molecular complexity index is 1580. The van der Waals surface area contributed by atoms with Crippen LogP contribution in [0.25, 0.3) is 33.3 Å². The molecule has 3 aromatic heterocycles. The molecule has 1 atom stereocenters. The number of nitrogens with zero attached hydrogens (tertiary/aromatic N) is 4. The van der Waals surface area contributed by atoms with Gasteiger partial charge in [-0.05, 0) is 47.0 Å². The minimum Gasteiger partial charge on any atom is -0.394 e. The number of benzene rings is 2. The number of hydrogen-bond acceptors (Lipinski definition) is 4. The fraction of sp³-hybridized carbons (Fsp3) is 0.160. The molecule has 5 aromatic rings. The Hall–Kier alpha value is -4.18. The van der Waals surface area contributed by atoms with Crippen LogP contribution in [0.2, 0.25) is 0 Å². The third-order valence-corrected chi connectivity index (χ3v) is 5.93. The summed E-state index contributed by atoms with van der Waals surface area (Å²) < 4.78 is 42.3. The predicted molar refractivity (Wildman–Crippen MR) is 125 cm³/mol. The van der Waals surface area contributed by atoms with Crippen molar-refractivity contribution >= 4 is 10.9 Å². The van der Waals surface area contributed by atoms with E-state index in [1.54, 1.807) is 16.9 Å². The van der Waals surface area contributed by atoms with Crippen LogP contribution in [0.1, 0.15) is 17.2 Å². The third kappa shape index (κ3) is 4.24. The van der Waals surface area contributed by atoms with Crippen molar-refractivity contribution in [3.05, 3.63) is 94.7 Å². The highest BCUT2D eigenvalue weighted by molar-refractivity contribution is 5.95. The molecular weight excluding hydrogens is 459 g/mol. The molecule has 0 radical (unpaired) electrons. The second kappa shape index (κ2) is 8.55. The molecule has 0 amide bonds. The van der Waals surface area contributed by atoms with Crippen LogP contribution in [0.15, 0.2) is 78.0 Å². The number of rotatable bonds is 5. The zero-order chi connectivity index (χ0) is 24.7. The van der Waals surface area contributed by atoms with Crippen LogP contribution in [0.3, 0.4) is 0 Å². The second-order valence-electron chi connectivity index (χ2n) is 8.22. The number of aliphatic hydroxyl groups excluding tert-OH is 1. The number of aryl methyl sites for hydroxylation is 1. The first-order valence-corrected chi connectivity index (χ1v) is 10.7. The van der Waals surface area contributed by atoms with Crippen molar-refractivity contribution in [1.29, 1.82) is 0 Å². The summed E-state index contributed by atoms with van der Waals surface area (Å²) in [6.45, 7) is -0.532. The van der Waals surface area contributed by atoms with Crippen LogP contribution in [0.4, 0.5) is 13.2 Å². The lowest BCUT2D eigenvalue weighted by atomic mass is 10.0. The lowest BCUT2D eigenvalue weighted by molar-refractivity contribution is -0.137. The van der Waals surface area contributed by atoms with Gasteiger partial charge in [-0.2, -0.15) is 23.4 Å². The fourth-order valence-electron chi connectivity index (χ4n) is 4.16. The Kier molecular flexibility index (Phi) is 5.52. The van der Waals surface area contributed by atoms with Crippen molar-refractivity contribution in [3.8, 4) is 22.4 Å². The number of nitrogens with one attached hydrogen (secondary N) is 1. The lowest BCUT2D eigenvalue weighted by Gasteiger charge is -2.19. The minimum absolute atomic E-state index is 0.193. The maximum atomic E-state index is 13.1. The molecule has 10 heteroatoms. The van der Waals surface area contributed by atoms with E-state index in [0.717, 1.165) is 39.9 Å². The van der Waals surface area contributed by atoms with Crippen LogP contribution in [0, 0.1) is 0 Å². The monoisotopic (exact) mass is 479 g/mol. The molecule has 0 bridgehead atoms. The van der Waals surface area contributed by atoms with Gasteiger partial charge in [0.25, 0.3) is 5.56 Å². The molecule has 0 unspecified atom stereocenters. The summed E-state index contributed by atoms with van der Waals surface area (Å²) in [7, 11) is 1.82. The van der Waals surface area contributed by atoms with Gasteiger partial charge in [0.1, 0.15) is 5.69 Å². The minimum atomic E-state index is -4.52. The molecule has 7 nitrogen and oxygen atoms in total. The molecule has 2 aromatic carbocycles. The summed E-state index contributed by atoms with van der Waals surface area (Å²) in [6, 6.07) is 12.4. The molecule has 5 rings (SSSR count). The van der Waals surface area contributed by atoms with Gasteiger partial charge in [-0.1, -0.05) is 18.2 Å². The van der Waals surface area contributed by atoms with Gasteiger partial charge in [0, 0.05) is 36.5 Å². The average Bonchev–Trinajstić information content (AvgIpc) is 3.45. The Balaban J connectivity index is 1.52. The quantitative estimate of drug-likeness (QED) is 0.391. The van der Waals surface area contributed by atoms with Crippen LogP contribution in [0.5, 0.6) is 0 Å². The number of hydrogen-bond donors (Lipinski definition) is 2. The van der Waals surface area contributed by atoms with Gasteiger partial charge < -0.3 is 9.67 Å². The predicted octanol–water partition coefficient (Wildman–Crippen LogP) is 4.39. The van der Waals surface area contributed by atoms with Crippen LogP contribution in [-0.2, 0) is 13.2 Å². The molecule has 0 saturated heterocycles. The number of H-pyrrole nitrogens is 1. The maximum absolute atomic E-state index is 13.1. The van der Waals surface area contributed by atoms with E-state index < -0.39 is 29.9 Å².